The van der Waals surface area contributed by atoms with Gasteiger partial charge in [0.25, 0.3) is 15.9 Å². The Bertz CT molecular complexity index is 1290. The number of rotatable bonds is 9. The van der Waals surface area contributed by atoms with Gasteiger partial charge in [0.1, 0.15) is 17.1 Å². The minimum atomic E-state index is -3.88. The van der Waals surface area contributed by atoms with E-state index in [1.807, 2.05) is 0 Å². The van der Waals surface area contributed by atoms with Crippen LogP contribution in [0.1, 0.15) is 26.3 Å². The second-order valence-corrected chi connectivity index (χ2v) is 8.72. The highest BCUT2D eigenvalue weighted by molar-refractivity contribution is 7.92. The monoisotopic (exact) mass is 484 g/mol. The van der Waals surface area contributed by atoms with Crippen molar-refractivity contribution in [2.75, 3.05) is 26.1 Å². The van der Waals surface area contributed by atoms with Crippen molar-refractivity contribution in [3.05, 3.63) is 83.4 Å². The van der Waals surface area contributed by atoms with Gasteiger partial charge in [-0.3, -0.25) is 9.52 Å². The molecule has 0 spiro atoms. The molecule has 0 atom stereocenters. The van der Waals surface area contributed by atoms with Crippen LogP contribution in [0.25, 0.3) is 0 Å². The lowest BCUT2D eigenvalue weighted by atomic mass is 10.1. The topological polar surface area (TPSA) is 120 Å². The van der Waals surface area contributed by atoms with Crippen molar-refractivity contribution in [2.24, 2.45) is 0 Å². The molecule has 9 nitrogen and oxygen atoms in total. The first-order valence-electron chi connectivity index (χ1n) is 10.1. The van der Waals surface area contributed by atoms with E-state index in [9.17, 15) is 18.0 Å². The van der Waals surface area contributed by atoms with E-state index in [4.69, 9.17) is 14.2 Å². The van der Waals surface area contributed by atoms with Gasteiger partial charge in [-0.25, -0.2) is 13.2 Å². The number of hydrogen-bond donors (Lipinski definition) is 2. The molecule has 0 aliphatic heterocycles. The number of ether oxygens (including phenoxy) is 3. The zero-order chi connectivity index (χ0) is 24.7. The van der Waals surface area contributed by atoms with E-state index in [2.05, 4.69) is 10.0 Å². The van der Waals surface area contributed by atoms with E-state index in [0.717, 1.165) is 0 Å². The number of nitrogens with one attached hydrogen (secondary N) is 2. The summed E-state index contributed by atoms with van der Waals surface area (Å²) in [7, 11) is 0.277. The molecule has 3 rings (SSSR count). The lowest BCUT2D eigenvalue weighted by Crippen LogP contribution is -2.23. The standard InChI is InChI=1S/C24H24N2O7S/c1-31-21-13-8-16(14-19(21)24(28)33-3)15-25-23(27)17-9-11-18(12-10-17)34(29,30)26-20-6-4-5-7-22(20)32-2/h4-14,26H,15H2,1-3H3,(H,25,27). The second kappa shape index (κ2) is 10.7. The molecule has 0 heterocycles. The Morgan fingerprint density at radius 3 is 2.18 bits per heavy atom. The number of methoxy groups -OCH3 is 3. The molecule has 0 bridgehead atoms. The van der Waals surface area contributed by atoms with Crippen molar-refractivity contribution in [1.82, 2.24) is 5.32 Å². The van der Waals surface area contributed by atoms with Gasteiger partial charge in [-0.1, -0.05) is 18.2 Å². The Hall–Kier alpha value is -4.05. The van der Waals surface area contributed by atoms with Crippen molar-refractivity contribution in [3.63, 3.8) is 0 Å². The molecule has 10 heteroatoms. The van der Waals surface area contributed by atoms with E-state index in [1.54, 1.807) is 42.5 Å². The minimum Gasteiger partial charge on any atom is -0.496 e. The summed E-state index contributed by atoms with van der Waals surface area (Å²) in [6.07, 6.45) is 0. The zero-order valence-electron chi connectivity index (χ0n) is 18.8. The predicted octanol–water partition coefficient (Wildman–Crippen LogP) is 3.22. The maximum absolute atomic E-state index is 12.7. The fourth-order valence-corrected chi connectivity index (χ4v) is 4.21. The van der Waals surface area contributed by atoms with Gasteiger partial charge in [0.05, 0.1) is 31.9 Å². The Morgan fingerprint density at radius 1 is 0.853 bits per heavy atom. The molecule has 0 saturated heterocycles. The molecule has 0 unspecified atom stereocenters. The van der Waals surface area contributed by atoms with Crippen molar-refractivity contribution in [3.8, 4) is 11.5 Å². The third kappa shape index (κ3) is 5.65. The molecule has 0 saturated carbocycles. The molecule has 0 radical (unpaired) electrons. The van der Waals surface area contributed by atoms with Crippen molar-refractivity contribution < 1.29 is 32.2 Å². The molecule has 0 aliphatic rings. The van der Waals surface area contributed by atoms with Crippen LogP contribution in [0, 0.1) is 0 Å². The largest absolute Gasteiger partial charge is 0.496 e. The molecular formula is C24H24N2O7S. The molecule has 2 N–H and O–H groups in total. The summed E-state index contributed by atoms with van der Waals surface area (Å²) in [6.45, 7) is 0.141. The molecule has 3 aromatic carbocycles. The molecular weight excluding hydrogens is 460 g/mol. The summed E-state index contributed by atoms with van der Waals surface area (Å²) in [5.41, 5.74) is 1.49. The molecule has 1 amide bonds. The van der Waals surface area contributed by atoms with Gasteiger partial charge in [-0.05, 0) is 54.1 Å². The summed E-state index contributed by atoms with van der Waals surface area (Å²) in [4.78, 5) is 24.5. The molecule has 178 valence electrons. The van der Waals surface area contributed by atoms with Gasteiger partial charge >= 0.3 is 5.97 Å². The number of carbonyl (C=O) groups excluding carboxylic acids is 2. The van der Waals surface area contributed by atoms with Crippen LogP contribution in [-0.2, 0) is 21.3 Å². The highest BCUT2D eigenvalue weighted by Crippen LogP contribution is 2.26. The number of carbonyl (C=O) groups is 2. The highest BCUT2D eigenvalue weighted by atomic mass is 32.2. The van der Waals surface area contributed by atoms with Crippen molar-refractivity contribution in [1.29, 1.82) is 0 Å². The smallest absolute Gasteiger partial charge is 0.341 e. The highest BCUT2D eigenvalue weighted by Gasteiger charge is 2.18. The van der Waals surface area contributed by atoms with Gasteiger partial charge in [0, 0.05) is 12.1 Å². The average molecular weight is 485 g/mol. The minimum absolute atomic E-state index is 0.00664. The summed E-state index contributed by atoms with van der Waals surface area (Å²) in [5, 5.41) is 2.74. The number of hydrogen-bond acceptors (Lipinski definition) is 7. The first-order valence-corrected chi connectivity index (χ1v) is 11.6. The number of amides is 1. The van der Waals surface area contributed by atoms with E-state index < -0.39 is 21.9 Å². The fraction of sp³-hybridized carbons (Fsp3) is 0.167. The number of para-hydroxylation sites is 2. The summed E-state index contributed by atoms with van der Waals surface area (Å²) in [5.74, 6) is -0.211. The normalized spacial score (nSPS) is 10.8. The second-order valence-electron chi connectivity index (χ2n) is 7.04. The number of esters is 1. The van der Waals surface area contributed by atoms with E-state index in [0.29, 0.717) is 22.7 Å². The van der Waals surface area contributed by atoms with Gasteiger partial charge < -0.3 is 19.5 Å². The average Bonchev–Trinajstić information content (AvgIpc) is 2.86. The van der Waals surface area contributed by atoms with Crippen LogP contribution < -0.4 is 19.5 Å². The van der Waals surface area contributed by atoms with E-state index in [1.165, 1.54) is 45.6 Å². The van der Waals surface area contributed by atoms with E-state index >= 15 is 0 Å². The Labute approximate surface area is 197 Å². The van der Waals surface area contributed by atoms with Crippen LogP contribution in [0.3, 0.4) is 0 Å². The maximum atomic E-state index is 12.7. The number of sulfonamides is 1. The molecule has 0 aliphatic carbocycles. The SMILES string of the molecule is COC(=O)c1cc(CNC(=O)c2ccc(S(=O)(=O)Nc3ccccc3OC)cc2)ccc1OC. The summed E-state index contributed by atoms with van der Waals surface area (Å²) >= 11 is 0. The van der Waals surface area contributed by atoms with Crippen LogP contribution in [0.4, 0.5) is 5.69 Å². The Kier molecular flexibility index (Phi) is 7.75. The molecule has 0 aromatic heterocycles. The van der Waals surface area contributed by atoms with Gasteiger partial charge in [-0.15, -0.1) is 0 Å². The molecule has 0 fully saturated rings. The third-order valence-corrected chi connectivity index (χ3v) is 6.28. The number of anilines is 1. The quantitative estimate of drug-likeness (QED) is 0.448. The van der Waals surface area contributed by atoms with Gasteiger partial charge in [-0.2, -0.15) is 0 Å². The van der Waals surface area contributed by atoms with Crippen LogP contribution in [0.2, 0.25) is 0 Å². The molecule has 3 aromatic rings. The Morgan fingerprint density at radius 2 is 1.53 bits per heavy atom. The first-order chi connectivity index (χ1) is 16.3. The first kappa shape index (κ1) is 24.6. The van der Waals surface area contributed by atoms with Gasteiger partial charge in [0.15, 0.2) is 0 Å². The third-order valence-electron chi connectivity index (χ3n) is 4.90. The summed E-state index contributed by atoms with van der Waals surface area (Å²) < 4.78 is 43.0. The lowest BCUT2D eigenvalue weighted by molar-refractivity contribution is 0.0597. The maximum Gasteiger partial charge on any atom is 0.341 e. The Balaban J connectivity index is 1.69. The van der Waals surface area contributed by atoms with Crippen LogP contribution in [0.5, 0.6) is 11.5 Å². The lowest BCUT2D eigenvalue weighted by Gasteiger charge is -2.12. The number of benzene rings is 3. The molecule has 34 heavy (non-hydrogen) atoms. The van der Waals surface area contributed by atoms with Crippen LogP contribution in [-0.4, -0.2) is 41.6 Å². The van der Waals surface area contributed by atoms with Crippen LogP contribution in [0.15, 0.2) is 71.6 Å². The van der Waals surface area contributed by atoms with Gasteiger partial charge in [0.2, 0.25) is 0 Å². The zero-order valence-corrected chi connectivity index (χ0v) is 19.6. The summed E-state index contributed by atoms with van der Waals surface area (Å²) in [6, 6.07) is 17.1. The van der Waals surface area contributed by atoms with Crippen molar-refractivity contribution >= 4 is 27.6 Å². The van der Waals surface area contributed by atoms with E-state index in [-0.39, 0.29) is 22.6 Å². The predicted molar refractivity (Wildman–Crippen MR) is 126 cm³/mol. The van der Waals surface area contributed by atoms with Crippen LogP contribution >= 0.6 is 0 Å². The fourth-order valence-electron chi connectivity index (χ4n) is 3.14. The van der Waals surface area contributed by atoms with Crippen molar-refractivity contribution in [2.45, 2.75) is 11.4 Å².